The number of nitrogens with zero attached hydrogens (tertiary/aromatic N) is 3. The number of hydrogen-bond acceptors (Lipinski definition) is 5. The van der Waals surface area contributed by atoms with Gasteiger partial charge < -0.3 is 9.84 Å². The standard InChI is InChI=1S/C9H16N4O/c1-2-8-5-13(4-3-10-8)6-9-11-7-14-12-9/h7-8,10H,2-6H2,1H3. The van der Waals surface area contributed by atoms with Crippen LogP contribution in [0.15, 0.2) is 10.9 Å². The third-order valence-electron chi connectivity index (χ3n) is 2.60. The molecule has 1 N–H and O–H groups in total. The van der Waals surface area contributed by atoms with Crippen molar-refractivity contribution in [2.75, 3.05) is 19.6 Å². The highest BCUT2D eigenvalue weighted by Crippen LogP contribution is 2.05. The van der Waals surface area contributed by atoms with E-state index in [0.717, 1.165) is 32.0 Å². The van der Waals surface area contributed by atoms with E-state index >= 15 is 0 Å². The molecule has 1 aliphatic heterocycles. The Morgan fingerprint density at radius 1 is 1.71 bits per heavy atom. The zero-order chi connectivity index (χ0) is 9.80. The van der Waals surface area contributed by atoms with E-state index in [-0.39, 0.29) is 0 Å². The highest BCUT2D eigenvalue weighted by atomic mass is 16.5. The fraction of sp³-hybridized carbons (Fsp3) is 0.778. The molecule has 1 fully saturated rings. The SMILES string of the molecule is CCC1CN(Cc2ncon2)CCN1. The van der Waals surface area contributed by atoms with Crippen LogP contribution in [0.1, 0.15) is 19.2 Å². The van der Waals surface area contributed by atoms with Gasteiger partial charge in [-0.1, -0.05) is 12.1 Å². The zero-order valence-corrected chi connectivity index (χ0v) is 8.44. The Hall–Kier alpha value is -0.940. The van der Waals surface area contributed by atoms with Gasteiger partial charge in [0.05, 0.1) is 6.54 Å². The minimum atomic E-state index is 0.607. The maximum atomic E-state index is 4.71. The summed E-state index contributed by atoms with van der Waals surface area (Å²) < 4.78 is 4.71. The molecule has 1 unspecified atom stereocenters. The van der Waals surface area contributed by atoms with E-state index in [1.807, 2.05) is 0 Å². The lowest BCUT2D eigenvalue weighted by atomic mass is 10.1. The Balaban J connectivity index is 1.86. The Morgan fingerprint density at radius 2 is 2.64 bits per heavy atom. The van der Waals surface area contributed by atoms with Crippen molar-refractivity contribution in [3.8, 4) is 0 Å². The maximum Gasteiger partial charge on any atom is 0.213 e. The molecule has 0 spiro atoms. The molecule has 2 rings (SSSR count). The Kier molecular flexibility index (Phi) is 3.10. The van der Waals surface area contributed by atoms with Crippen LogP contribution in [0.3, 0.4) is 0 Å². The number of hydrogen-bond donors (Lipinski definition) is 1. The molecule has 0 radical (unpaired) electrons. The number of nitrogens with one attached hydrogen (secondary N) is 1. The molecule has 0 aromatic carbocycles. The molecule has 1 aromatic heterocycles. The van der Waals surface area contributed by atoms with Crippen molar-refractivity contribution < 1.29 is 4.52 Å². The number of aromatic nitrogens is 2. The van der Waals surface area contributed by atoms with E-state index in [9.17, 15) is 0 Å². The van der Waals surface area contributed by atoms with Crippen molar-refractivity contribution in [1.82, 2.24) is 20.4 Å². The van der Waals surface area contributed by atoms with Gasteiger partial charge in [-0.15, -0.1) is 0 Å². The molecule has 5 nitrogen and oxygen atoms in total. The average Bonchev–Trinajstić information content (AvgIpc) is 2.71. The van der Waals surface area contributed by atoms with Crippen LogP contribution >= 0.6 is 0 Å². The molecule has 1 aliphatic rings. The lowest BCUT2D eigenvalue weighted by Crippen LogP contribution is -2.49. The molecule has 0 bridgehead atoms. The molecule has 0 saturated carbocycles. The molecule has 0 aliphatic carbocycles. The highest BCUT2D eigenvalue weighted by Gasteiger charge is 2.18. The summed E-state index contributed by atoms with van der Waals surface area (Å²) in [7, 11) is 0. The topological polar surface area (TPSA) is 54.2 Å². The van der Waals surface area contributed by atoms with E-state index in [1.54, 1.807) is 0 Å². The fourth-order valence-corrected chi connectivity index (χ4v) is 1.77. The normalized spacial score (nSPS) is 23.9. The van der Waals surface area contributed by atoms with E-state index < -0.39 is 0 Å². The summed E-state index contributed by atoms with van der Waals surface area (Å²) in [5.74, 6) is 0.779. The van der Waals surface area contributed by atoms with Gasteiger partial charge in [0.2, 0.25) is 6.39 Å². The summed E-state index contributed by atoms with van der Waals surface area (Å²) in [6.45, 7) is 6.19. The molecule has 5 heteroatoms. The van der Waals surface area contributed by atoms with Crippen LogP contribution < -0.4 is 5.32 Å². The van der Waals surface area contributed by atoms with Gasteiger partial charge in [-0.25, -0.2) is 0 Å². The van der Waals surface area contributed by atoms with Crippen LogP contribution in [0.25, 0.3) is 0 Å². The van der Waals surface area contributed by atoms with Gasteiger partial charge in [0, 0.05) is 25.7 Å². The molecule has 1 aromatic rings. The van der Waals surface area contributed by atoms with Crippen LogP contribution in [-0.4, -0.2) is 40.7 Å². The van der Waals surface area contributed by atoms with Crippen molar-refractivity contribution in [3.05, 3.63) is 12.2 Å². The molecule has 78 valence electrons. The van der Waals surface area contributed by atoms with Crippen LogP contribution in [0.4, 0.5) is 0 Å². The van der Waals surface area contributed by atoms with Crippen LogP contribution in [0.2, 0.25) is 0 Å². The summed E-state index contributed by atoms with van der Waals surface area (Å²) >= 11 is 0. The van der Waals surface area contributed by atoms with Crippen molar-refractivity contribution in [2.24, 2.45) is 0 Å². The van der Waals surface area contributed by atoms with Crippen molar-refractivity contribution in [2.45, 2.75) is 25.9 Å². The first-order chi connectivity index (χ1) is 6.88. The number of piperazine rings is 1. The van der Waals surface area contributed by atoms with Gasteiger partial charge in [0.1, 0.15) is 0 Å². The van der Waals surface area contributed by atoms with Gasteiger partial charge in [-0.2, -0.15) is 4.98 Å². The third kappa shape index (κ3) is 2.30. The molecule has 14 heavy (non-hydrogen) atoms. The van der Waals surface area contributed by atoms with Crippen molar-refractivity contribution in [3.63, 3.8) is 0 Å². The van der Waals surface area contributed by atoms with Crippen LogP contribution in [0.5, 0.6) is 0 Å². The third-order valence-corrected chi connectivity index (χ3v) is 2.60. The Labute approximate surface area is 83.5 Å². The molecule has 1 atom stereocenters. The minimum Gasteiger partial charge on any atom is -0.343 e. The van der Waals surface area contributed by atoms with Gasteiger partial charge in [-0.3, -0.25) is 4.90 Å². The smallest absolute Gasteiger partial charge is 0.213 e. The summed E-state index contributed by atoms with van der Waals surface area (Å²) in [6.07, 6.45) is 2.55. The van der Waals surface area contributed by atoms with Crippen molar-refractivity contribution in [1.29, 1.82) is 0 Å². The van der Waals surface area contributed by atoms with Crippen LogP contribution in [0, 0.1) is 0 Å². The molecular formula is C9H16N4O. The lowest BCUT2D eigenvalue weighted by molar-refractivity contribution is 0.184. The van der Waals surface area contributed by atoms with E-state index in [0.29, 0.717) is 6.04 Å². The number of rotatable bonds is 3. The first-order valence-corrected chi connectivity index (χ1v) is 5.09. The van der Waals surface area contributed by atoms with E-state index in [2.05, 4.69) is 27.3 Å². The minimum absolute atomic E-state index is 0.607. The first-order valence-electron chi connectivity index (χ1n) is 5.09. The van der Waals surface area contributed by atoms with E-state index in [1.165, 1.54) is 12.8 Å². The van der Waals surface area contributed by atoms with Gasteiger partial charge >= 0.3 is 0 Å². The zero-order valence-electron chi connectivity index (χ0n) is 8.44. The molecule has 0 amide bonds. The fourth-order valence-electron chi connectivity index (χ4n) is 1.77. The summed E-state index contributed by atoms with van der Waals surface area (Å²) in [5.41, 5.74) is 0. The van der Waals surface area contributed by atoms with Crippen LogP contribution in [-0.2, 0) is 6.54 Å². The largest absolute Gasteiger partial charge is 0.343 e. The second kappa shape index (κ2) is 4.52. The van der Waals surface area contributed by atoms with E-state index in [4.69, 9.17) is 4.52 Å². The van der Waals surface area contributed by atoms with Crippen molar-refractivity contribution >= 4 is 0 Å². The van der Waals surface area contributed by atoms with Gasteiger partial charge in [0.25, 0.3) is 0 Å². The summed E-state index contributed by atoms with van der Waals surface area (Å²) in [5, 5.41) is 7.29. The quantitative estimate of drug-likeness (QED) is 0.751. The van der Waals surface area contributed by atoms with Gasteiger partial charge in [0.15, 0.2) is 5.82 Å². The average molecular weight is 196 g/mol. The Morgan fingerprint density at radius 3 is 3.36 bits per heavy atom. The first kappa shape index (κ1) is 9.61. The molecule has 2 heterocycles. The summed E-state index contributed by atoms with van der Waals surface area (Å²) in [6, 6.07) is 0.607. The highest BCUT2D eigenvalue weighted by molar-refractivity contribution is 4.83. The monoisotopic (exact) mass is 196 g/mol. The lowest BCUT2D eigenvalue weighted by Gasteiger charge is -2.32. The molecular weight excluding hydrogens is 180 g/mol. The predicted octanol–water partition coefficient (Wildman–Crippen LogP) is 0.253. The second-order valence-corrected chi connectivity index (χ2v) is 3.64. The predicted molar refractivity (Wildman–Crippen MR) is 51.7 cm³/mol. The maximum absolute atomic E-state index is 4.71. The molecule has 1 saturated heterocycles. The second-order valence-electron chi connectivity index (χ2n) is 3.64. The Bertz CT molecular complexity index is 262. The summed E-state index contributed by atoms with van der Waals surface area (Å²) in [4.78, 5) is 6.38. The van der Waals surface area contributed by atoms with Gasteiger partial charge in [-0.05, 0) is 6.42 Å².